The van der Waals surface area contributed by atoms with Crippen LogP contribution in [-0.2, 0) is 0 Å². The number of nitrogens with zero attached hydrogens (tertiary/aromatic N) is 1. The third-order valence-corrected chi connectivity index (χ3v) is 2.68. The maximum Gasteiger partial charge on any atom is 0.290 e. The molecule has 1 aromatic heterocycles. The predicted octanol–water partition coefficient (Wildman–Crippen LogP) is 1.45. The first-order chi connectivity index (χ1) is 9.08. The SMILES string of the molecule is Cc1cc(C(=O)NNC(=O)c2ccccc2Cl)n[nH]1. The van der Waals surface area contributed by atoms with Crippen molar-refractivity contribution in [2.75, 3.05) is 0 Å². The van der Waals surface area contributed by atoms with Gasteiger partial charge in [-0.3, -0.25) is 25.5 Å². The van der Waals surface area contributed by atoms with Gasteiger partial charge in [0.2, 0.25) is 0 Å². The summed E-state index contributed by atoms with van der Waals surface area (Å²) >= 11 is 5.86. The molecule has 0 unspecified atom stereocenters. The number of rotatable bonds is 2. The van der Waals surface area contributed by atoms with Crippen LogP contribution in [0.15, 0.2) is 30.3 Å². The van der Waals surface area contributed by atoms with Crippen LogP contribution in [-0.4, -0.2) is 22.0 Å². The third-order valence-electron chi connectivity index (χ3n) is 2.35. The van der Waals surface area contributed by atoms with E-state index >= 15 is 0 Å². The highest BCUT2D eigenvalue weighted by atomic mass is 35.5. The van der Waals surface area contributed by atoms with Gasteiger partial charge in [-0.1, -0.05) is 23.7 Å². The second kappa shape index (κ2) is 5.53. The molecule has 0 aliphatic rings. The van der Waals surface area contributed by atoms with E-state index in [-0.39, 0.29) is 11.3 Å². The van der Waals surface area contributed by atoms with Gasteiger partial charge in [0.1, 0.15) is 0 Å². The van der Waals surface area contributed by atoms with Crippen LogP contribution in [0.1, 0.15) is 26.5 Å². The Hall–Kier alpha value is -2.34. The van der Waals surface area contributed by atoms with Crippen LogP contribution in [0.25, 0.3) is 0 Å². The van der Waals surface area contributed by atoms with Gasteiger partial charge in [-0.05, 0) is 25.1 Å². The lowest BCUT2D eigenvalue weighted by Crippen LogP contribution is -2.41. The van der Waals surface area contributed by atoms with E-state index < -0.39 is 11.8 Å². The van der Waals surface area contributed by atoms with Crippen molar-refractivity contribution >= 4 is 23.4 Å². The van der Waals surface area contributed by atoms with E-state index in [1.54, 1.807) is 37.3 Å². The normalized spacial score (nSPS) is 10.0. The van der Waals surface area contributed by atoms with Gasteiger partial charge in [0, 0.05) is 5.69 Å². The molecule has 19 heavy (non-hydrogen) atoms. The average Bonchev–Trinajstić information content (AvgIpc) is 2.83. The summed E-state index contributed by atoms with van der Waals surface area (Å²) in [5.74, 6) is -1.00. The lowest BCUT2D eigenvalue weighted by molar-refractivity contribution is 0.0844. The van der Waals surface area contributed by atoms with Crippen LogP contribution in [0.3, 0.4) is 0 Å². The van der Waals surface area contributed by atoms with E-state index in [4.69, 9.17) is 11.6 Å². The second-order valence-corrected chi connectivity index (χ2v) is 4.23. The Morgan fingerprint density at radius 1 is 1.21 bits per heavy atom. The standard InChI is InChI=1S/C12H11ClN4O2/c1-7-6-10(15-14-7)12(19)17-16-11(18)8-4-2-3-5-9(8)13/h2-6H,1H3,(H,14,15)(H,16,18)(H,17,19). The molecule has 0 radical (unpaired) electrons. The number of hydrogen-bond donors (Lipinski definition) is 3. The Kier molecular flexibility index (Phi) is 3.82. The highest BCUT2D eigenvalue weighted by Crippen LogP contribution is 2.14. The smallest absolute Gasteiger partial charge is 0.282 e. The minimum atomic E-state index is -0.509. The van der Waals surface area contributed by atoms with Crippen molar-refractivity contribution < 1.29 is 9.59 Å². The molecule has 0 aliphatic carbocycles. The first-order valence-corrected chi connectivity index (χ1v) is 5.83. The zero-order valence-electron chi connectivity index (χ0n) is 10.0. The number of benzene rings is 1. The molecule has 2 amide bonds. The van der Waals surface area contributed by atoms with E-state index in [1.165, 1.54) is 0 Å². The van der Waals surface area contributed by atoms with Crippen molar-refractivity contribution in [1.29, 1.82) is 0 Å². The monoisotopic (exact) mass is 278 g/mol. The van der Waals surface area contributed by atoms with Crippen molar-refractivity contribution in [3.8, 4) is 0 Å². The van der Waals surface area contributed by atoms with Crippen molar-refractivity contribution in [2.45, 2.75) is 6.92 Å². The fourth-order valence-electron chi connectivity index (χ4n) is 1.42. The lowest BCUT2D eigenvalue weighted by Gasteiger charge is -2.06. The van der Waals surface area contributed by atoms with E-state index in [2.05, 4.69) is 21.0 Å². The summed E-state index contributed by atoms with van der Waals surface area (Å²) < 4.78 is 0. The highest BCUT2D eigenvalue weighted by molar-refractivity contribution is 6.33. The van der Waals surface area contributed by atoms with Crippen LogP contribution < -0.4 is 10.9 Å². The highest BCUT2D eigenvalue weighted by Gasteiger charge is 2.12. The van der Waals surface area contributed by atoms with Gasteiger partial charge in [0.25, 0.3) is 11.8 Å². The van der Waals surface area contributed by atoms with E-state index in [9.17, 15) is 9.59 Å². The summed E-state index contributed by atoms with van der Waals surface area (Å²) in [5.41, 5.74) is 5.75. The molecular weight excluding hydrogens is 268 g/mol. The molecular formula is C12H11ClN4O2. The molecule has 3 N–H and O–H groups in total. The molecule has 0 bridgehead atoms. The van der Waals surface area contributed by atoms with Crippen LogP contribution in [0.2, 0.25) is 5.02 Å². The molecule has 1 aromatic carbocycles. The number of hydrogen-bond acceptors (Lipinski definition) is 3. The number of aromatic nitrogens is 2. The maximum absolute atomic E-state index is 11.8. The van der Waals surface area contributed by atoms with Crippen molar-refractivity contribution in [3.63, 3.8) is 0 Å². The first-order valence-electron chi connectivity index (χ1n) is 5.45. The molecule has 0 saturated carbocycles. The van der Waals surface area contributed by atoms with Gasteiger partial charge >= 0.3 is 0 Å². The Bertz CT molecular complexity index is 624. The largest absolute Gasteiger partial charge is 0.290 e. The van der Waals surface area contributed by atoms with Crippen molar-refractivity contribution in [3.05, 3.63) is 52.3 Å². The topological polar surface area (TPSA) is 86.9 Å². The zero-order chi connectivity index (χ0) is 13.8. The number of carbonyl (C=O) groups excluding carboxylic acids is 2. The third kappa shape index (κ3) is 3.11. The summed E-state index contributed by atoms with van der Waals surface area (Å²) in [6, 6.07) is 8.11. The molecule has 1 heterocycles. The van der Waals surface area contributed by atoms with Crippen molar-refractivity contribution in [2.24, 2.45) is 0 Å². The van der Waals surface area contributed by atoms with Gasteiger partial charge in [-0.15, -0.1) is 0 Å². The summed E-state index contributed by atoms with van der Waals surface area (Å²) in [5, 5.41) is 6.71. The van der Waals surface area contributed by atoms with Crippen molar-refractivity contribution in [1.82, 2.24) is 21.0 Å². The summed E-state index contributed by atoms with van der Waals surface area (Å²) in [4.78, 5) is 23.4. The Balaban J connectivity index is 1.98. The van der Waals surface area contributed by atoms with E-state index in [0.717, 1.165) is 5.69 Å². The number of amides is 2. The summed E-state index contributed by atoms with van der Waals surface area (Å²) in [7, 11) is 0. The fraction of sp³-hybridized carbons (Fsp3) is 0.0833. The molecule has 0 saturated heterocycles. The first kappa shape index (κ1) is 13.1. The van der Waals surface area contributed by atoms with Gasteiger partial charge in [0.05, 0.1) is 10.6 Å². The van der Waals surface area contributed by atoms with Gasteiger partial charge in [-0.2, -0.15) is 5.10 Å². The zero-order valence-corrected chi connectivity index (χ0v) is 10.8. The minimum absolute atomic E-state index is 0.192. The molecule has 0 spiro atoms. The molecule has 7 heteroatoms. The van der Waals surface area contributed by atoms with Gasteiger partial charge in [0.15, 0.2) is 5.69 Å². The molecule has 98 valence electrons. The molecule has 0 aliphatic heterocycles. The lowest BCUT2D eigenvalue weighted by atomic mass is 10.2. The number of carbonyl (C=O) groups is 2. The predicted molar refractivity (Wildman–Crippen MR) is 69.7 cm³/mol. The summed E-state index contributed by atoms with van der Waals surface area (Å²) in [6.45, 7) is 1.77. The quantitative estimate of drug-likeness (QED) is 0.727. The number of hydrazine groups is 1. The number of halogens is 1. The fourth-order valence-corrected chi connectivity index (χ4v) is 1.65. The molecule has 0 atom stereocenters. The van der Waals surface area contributed by atoms with Crippen LogP contribution in [0, 0.1) is 6.92 Å². The average molecular weight is 279 g/mol. The maximum atomic E-state index is 11.8. The van der Waals surface area contributed by atoms with Gasteiger partial charge in [-0.25, -0.2) is 0 Å². The summed E-state index contributed by atoms with van der Waals surface area (Å²) in [6.07, 6.45) is 0. The molecule has 2 rings (SSSR count). The Morgan fingerprint density at radius 2 is 1.89 bits per heavy atom. The van der Waals surface area contributed by atoms with Crippen LogP contribution in [0.5, 0.6) is 0 Å². The van der Waals surface area contributed by atoms with E-state index in [1.807, 2.05) is 0 Å². The molecule has 6 nitrogen and oxygen atoms in total. The Labute approximate surface area is 114 Å². The van der Waals surface area contributed by atoms with Crippen LogP contribution >= 0.6 is 11.6 Å². The van der Waals surface area contributed by atoms with Gasteiger partial charge < -0.3 is 0 Å². The van der Waals surface area contributed by atoms with Crippen LogP contribution in [0.4, 0.5) is 0 Å². The molecule has 0 fully saturated rings. The molecule has 2 aromatic rings. The second-order valence-electron chi connectivity index (χ2n) is 3.82. The minimum Gasteiger partial charge on any atom is -0.282 e. The Morgan fingerprint density at radius 3 is 2.53 bits per heavy atom. The number of H-pyrrole nitrogens is 1. The number of aryl methyl sites for hydroxylation is 1. The van der Waals surface area contributed by atoms with E-state index in [0.29, 0.717) is 5.02 Å². The number of aromatic amines is 1. The number of nitrogens with one attached hydrogen (secondary N) is 3.